The van der Waals surface area contributed by atoms with Crippen molar-refractivity contribution in [2.45, 2.75) is 0 Å². The highest BCUT2D eigenvalue weighted by atomic mass is 35.5. The van der Waals surface area contributed by atoms with Crippen molar-refractivity contribution in [2.24, 2.45) is 0 Å². The van der Waals surface area contributed by atoms with Crippen LogP contribution in [0.4, 0.5) is 5.69 Å². The van der Waals surface area contributed by atoms with Gasteiger partial charge in [-0.3, -0.25) is 4.79 Å². The molecule has 0 unspecified atom stereocenters. The topological polar surface area (TPSA) is 83.1 Å². The van der Waals surface area contributed by atoms with Gasteiger partial charge in [0.05, 0.1) is 24.9 Å². The normalized spacial score (nSPS) is 10.1. The van der Waals surface area contributed by atoms with Crippen LogP contribution in [0, 0.1) is 0 Å². The van der Waals surface area contributed by atoms with E-state index in [0.717, 1.165) is 0 Å². The molecule has 0 aliphatic rings. The molecule has 0 bridgehead atoms. The van der Waals surface area contributed by atoms with Gasteiger partial charge < -0.3 is 24.3 Å². The van der Waals surface area contributed by atoms with Crippen LogP contribution in [0.3, 0.4) is 0 Å². The summed E-state index contributed by atoms with van der Waals surface area (Å²) in [7, 11) is 2.98. The van der Waals surface area contributed by atoms with Crippen LogP contribution in [0.1, 0.15) is 0 Å². The van der Waals surface area contributed by atoms with E-state index in [1.807, 2.05) is 0 Å². The average molecular weight is 414 g/mol. The molecule has 27 heavy (non-hydrogen) atoms. The average Bonchev–Trinajstić information content (AvgIpc) is 2.66. The molecular weight excluding hydrogens is 397 g/mol. The maximum absolute atomic E-state index is 12.0. The molecule has 1 N–H and O–H groups in total. The van der Waals surface area contributed by atoms with E-state index in [4.69, 9.17) is 42.1 Å². The van der Waals surface area contributed by atoms with Crippen LogP contribution in [0.5, 0.6) is 17.2 Å². The van der Waals surface area contributed by atoms with Gasteiger partial charge >= 0.3 is 5.97 Å². The lowest BCUT2D eigenvalue weighted by molar-refractivity contribution is -0.149. The quantitative estimate of drug-likeness (QED) is 0.665. The Bertz CT molecular complexity index is 827. The molecule has 9 heteroatoms. The minimum atomic E-state index is -0.724. The van der Waals surface area contributed by atoms with Gasteiger partial charge in [0, 0.05) is 11.1 Å². The number of esters is 1. The third-order valence-electron chi connectivity index (χ3n) is 3.29. The van der Waals surface area contributed by atoms with E-state index in [-0.39, 0.29) is 10.8 Å². The number of nitrogens with one attached hydrogen (secondary N) is 1. The number of amides is 1. The van der Waals surface area contributed by atoms with Gasteiger partial charge in [0.25, 0.3) is 5.91 Å². The van der Waals surface area contributed by atoms with Crippen molar-refractivity contribution in [3.63, 3.8) is 0 Å². The van der Waals surface area contributed by atoms with Crippen LogP contribution < -0.4 is 19.5 Å². The second kappa shape index (κ2) is 9.89. The van der Waals surface area contributed by atoms with E-state index in [1.54, 1.807) is 24.3 Å². The lowest BCUT2D eigenvalue weighted by Crippen LogP contribution is -2.23. The van der Waals surface area contributed by atoms with E-state index in [2.05, 4.69) is 5.32 Å². The van der Waals surface area contributed by atoms with Gasteiger partial charge in [-0.2, -0.15) is 0 Å². The number of methoxy groups -OCH3 is 2. The predicted molar refractivity (Wildman–Crippen MR) is 101 cm³/mol. The smallest absolute Gasteiger partial charge is 0.344 e. The fourth-order valence-electron chi connectivity index (χ4n) is 2.00. The summed E-state index contributed by atoms with van der Waals surface area (Å²) in [6.45, 7) is -0.883. The second-order valence-electron chi connectivity index (χ2n) is 5.14. The number of anilines is 1. The maximum Gasteiger partial charge on any atom is 0.344 e. The fourth-order valence-corrected chi connectivity index (χ4v) is 2.47. The Morgan fingerprint density at radius 1 is 0.963 bits per heavy atom. The Morgan fingerprint density at radius 2 is 1.74 bits per heavy atom. The highest BCUT2D eigenvalue weighted by Crippen LogP contribution is 2.29. The molecular formula is C18H17Cl2NO6. The Labute approximate surface area is 166 Å². The summed E-state index contributed by atoms with van der Waals surface area (Å²) in [6.07, 6.45) is 0. The number of carbonyl (C=O) groups is 2. The first-order chi connectivity index (χ1) is 12.9. The third-order valence-corrected chi connectivity index (χ3v) is 3.82. The molecule has 0 spiro atoms. The number of benzene rings is 2. The van der Waals surface area contributed by atoms with Crippen LogP contribution in [-0.2, 0) is 14.3 Å². The lowest BCUT2D eigenvalue weighted by Gasteiger charge is -2.12. The summed E-state index contributed by atoms with van der Waals surface area (Å²) in [5, 5.41) is 3.29. The van der Waals surface area contributed by atoms with Gasteiger partial charge in [-0.05, 0) is 30.3 Å². The molecule has 0 saturated heterocycles. The number of ether oxygens (including phenoxy) is 4. The van der Waals surface area contributed by atoms with Gasteiger partial charge in [0.2, 0.25) is 0 Å². The second-order valence-corrected chi connectivity index (χ2v) is 5.98. The first-order valence-corrected chi connectivity index (χ1v) is 8.44. The molecule has 0 heterocycles. The Hall–Kier alpha value is -2.64. The van der Waals surface area contributed by atoms with Crippen molar-refractivity contribution in [3.05, 3.63) is 46.4 Å². The van der Waals surface area contributed by atoms with Crippen LogP contribution in [0.25, 0.3) is 0 Å². The summed E-state index contributed by atoms with van der Waals surface area (Å²) < 4.78 is 20.4. The molecule has 1 amide bonds. The van der Waals surface area contributed by atoms with Crippen LogP contribution in [0.15, 0.2) is 36.4 Å². The Balaban J connectivity index is 1.82. The number of rotatable bonds is 8. The maximum atomic E-state index is 12.0. The van der Waals surface area contributed by atoms with Gasteiger partial charge in [-0.25, -0.2) is 4.79 Å². The zero-order chi connectivity index (χ0) is 19.8. The summed E-state index contributed by atoms with van der Waals surface area (Å²) >= 11 is 11.7. The van der Waals surface area contributed by atoms with Crippen molar-refractivity contribution in [1.29, 1.82) is 0 Å². The molecule has 0 radical (unpaired) electrons. The number of carbonyl (C=O) groups excluding carboxylic acids is 2. The molecule has 144 valence electrons. The molecule has 2 aromatic rings. The van der Waals surface area contributed by atoms with Crippen LogP contribution >= 0.6 is 23.2 Å². The molecule has 0 saturated carbocycles. The molecule has 0 aromatic heterocycles. The van der Waals surface area contributed by atoms with E-state index in [1.165, 1.54) is 26.4 Å². The number of hydrogen-bond donors (Lipinski definition) is 1. The van der Waals surface area contributed by atoms with Gasteiger partial charge in [-0.1, -0.05) is 23.2 Å². The fraction of sp³-hybridized carbons (Fsp3) is 0.222. The minimum Gasteiger partial charge on any atom is -0.497 e. The first kappa shape index (κ1) is 20.7. The highest BCUT2D eigenvalue weighted by molar-refractivity contribution is 6.35. The Kier molecular flexibility index (Phi) is 7.57. The van der Waals surface area contributed by atoms with E-state index >= 15 is 0 Å². The summed E-state index contributed by atoms with van der Waals surface area (Å²) in [5.74, 6) is 0.0173. The molecule has 2 aromatic carbocycles. The summed E-state index contributed by atoms with van der Waals surface area (Å²) in [6, 6.07) is 9.48. The van der Waals surface area contributed by atoms with Crippen molar-refractivity contribution in [1.82, 2.24) is 0 Å². The predicted octanol–water partition coefficient (Wildman–Crippen LogP) is 3.57. The Morgan fingerprint density at radius 3 is 2.41 bits per heavy atom. The molecule has 0 aliphatic carbocycles. The lowest BCUT2D eigenvalue weighted by atomic mass is 10.2. The van der Waals surface area contributed by atoms with Crippen molar-refractivity contribution in [2.75, 3.05) is 32.8 Å². The SMILES string of the molecule is COc1ccc(NC(=O)COC(=O)COc2ccc(Cl)cc2Cl)c(OC)c1. The first-order valence-electron chi connectivity index (χ1n) is 7.68. The van der Waals surface area contributed by atoms with Crippen molar-refractivity contribution in [3.8, 4) is 17.2 Å². The van der Waals surface area contributed by atoms with E-state index in [9.17, 15) is 9.59 Å². The van der Waals surface area contributed by atoms with Crippen LogP contribution in [-0.4, -0.2) is 39.3 Å². The largest absolute Gasteiger partial charge is 0.497 e. The number of hydrogen-bond acceptors (Lipinski definition) is 6. The third kappa shape index (κ3) is 6.23. The molecule has 0 fully saturated rings. The van der Waals surface area contributed by atoms with Gasteiger partial charge in [0.15, 0.2) is 13.2 Å². The van der Waals surface area contributed by atoms with Crippen LogP contribution in [0.2, 0.25) is 10.0 Å². The standard InChI is InChI=1S/C18H17Cl2NO6/c1-24-12-4-5-14(16(8-12)25-2)21-17(22)9-27-18(23)10-26-15-6-3-11(19)7-13(15)20/h3-8H,9-10H2,1-2H3,(H,21,22). The zero-order valence-corrected chi connectivity index (χ0v) is 16.1. The molecule has 0 aliphatic heterocycles. The summed E-state index contributed by atoms with van der Waals surface area (Å²) in [5.41, 5.74) is 0.420. The molecule has 7 nitrogen and oxygen atoms in total. The van der Waals surface area contributed by atoms with E-state index < -0.39 is 25.1 Å². The van der Waals surface area contributed by atoms with Gasteiger partial charge in [0.1, 0.15) is 17.2 Å². The van der Waals surface area contributed by atoms with Gasteiger partial charge in [-0.15, -0.1) is 0 Å². The number of halogens is 2. The van der Waals surface area contributed by atoms with Crippen molar-refractivity contribution >= 4 is 40.8 Å². The zero-order valence-electron chi connectivity index (χ0n) is 14.6. The molecule has 0 atom stereocenters. The molecule has 2 rings (SSSR count). The highest BCUT2D eigenvalue weighted by Gasteiger charge is 2.12. The van der Waals surface area contributed by atoms with Crippen molar-refractivity contribution < 1.29 is 28.5 Å². The van der Waals surface area contributed by atoms with E-state index in [0.29, 0.717) is 22.2 Å². The summed E-state index contributed by atoms with van der Waals surface area (Å²) in [4.78, 5) is 23.7. The monoisotopic (exact) mass is 413 g/mol. The minimum absolute atomic E-state index is 0.264.